The highest BCUT2D eigenvalue weighted by atomic mass is 35.5. The summed E-state index contributed by atoms with van der Waals surface area (Å²) in [6.07, 6.45) is 1.25. The van der Waals surface area contributed by atoms with Gasteiger partial charge >= 0.3 is 10.2 Å². The van der Waals surface area contributed by atoms with E-state index >= 15 is 4.39 Å². The van der Waals surface area contributed by atoms with Gasteiger partial charge in [0.25, 0.3) is 0 Å². The Labute approximate surface area is 243 Å². The Balaban J connectivity index is 1.75. The minimum atomic E-state index is -4.38. The van der Waals surface area contributed by atoms with Crippen molar-refractivity contribution < 1.29 is 17.6 Å². The number of hydrogen-bond acceptors (Lipinski definition) is 6. The highest BCUT2D eigenvalue weighted by molar-refractivity contribution is 7.92. The van der Waals surface area contributed by atoms with Gasteiger partial charge in [-0.25, -0.2) is 13.7 Å². The number of carbonyl (C=O) groups excluding carboxylic acids is 1. The first-order valence-corrected chi connectivity index (χ1v) is 14.9. The number of nitrogens with zero attached hydrogens (tertiary/aromatic N) is 5. The lowest BCUT2D eigenvalue weighted by atomic mass is 10.0. The lowest BCUT2D eigenvalue weighted by molar-refractivity contribution is -0.128. The molecule has 1 fully saturated rings. The third-order valence-electron chi connectivity index (χ3n) is 7.27. The monoisotopic (exact) mass is 596 g/mol. The van der Waals surface area contributed by atoms with Crippen LogP contribution in [0, 0.1) is 5.82 Å². The predicted molar refractivity (Wildman–Crippen MR) is 160 cm³/mol. The molecule has 41 heavy (non-hydrogen) atoms. The number of pyridine rings is 1. The first-order chi connectivity index (χ1) is 19.4. The Hall–Kier alpha value is -3.96. The highest BCUT2D eigenvalue weighted by Gasteiger charge is 2.40. The standard InChI is InChI=1S/C29H30ClFN6O3S/c1-5-25(38)35-13-14-36(18(4)16-35)29-20-15-21(30)27(26-22(31)10-8-11-23(26)32)33-28(20)37(41(39,40)34-29)24-12-7-6-9-19(24)17(2)3/h5-12,15,17-18H,1,13-14,16,32H2,2-4H3. The van der Waals surface area contributed by atoms with Crippen LogP contribution >= 0.6 is 11.6 Å². The van der Waals surface area contributed by atoms with Crippen LogP contribution in [0.4, 0.5) is 21.6 Å². The van der Waals surface area contributed by atoms with E-state index in [1.165, 1.54) is 24.3 Å². The van der Waals surface area contributed by atoms with Gasteiger partial charge in [0.15, 0.2) is 11.7 Å². The van der Waals surface area contributed by atoms with Crippen LogP contribution < -0.4 is 10.0 Å². The quantitative estimate of drug-likeness (QED) is 0.331. The third-order valence-corrected chi connectivity index (χ3v) is 8.79. The van der Waals surface area contributed by atoms with Gasteiger partial charge in [-0.1, -0.05) is 56.3 Å². The summed E-state index contributed by atoms with van der Waals surface area (Å²) in [7, 11) is -4.38. The van der Waals surface area contributed by atoms with E-state index in [9.17, 15) is 13.2 Å². The number of carbonyl (C=O) groups is 1. The number of halogens is 2. The van der Waals surface area contributed by atoms with Gasteiger partial charge in [-0.3, -0.25) is 4.79 Å². The molecule has 1 atom stereocenters. The molecule has 2 aromatic carbocycles. The summed E-state index contributed by atoms with van der Waals surface area (Å²) in [5.74, 6) is -0.693. The number of nitrogen functional groups attached to an aromatic ring is 1. The molecule has 1 amide bonds. The van der Waals surface area contributed by atoms with E-state index in [1.54, 1.807) is 23.1 Å². The fraction of sp³-hybridized carbons (Fsp3) is 0.276. The van der Waals surface area contributed by atoms with E-state index in [0.717, 1.165) is 9.87 Å². The van der Waals surface area contributed by atoms with Crippen molar-refractivity contribution in [1.29, 1.82) is 0 Å². The van der Waals surface area contributed by atoms with E-state index in [-0.39, 0.29) is 51.5 Å². The SMILES string of the molecule is C=CC(=O)N1CCN(C2=NS(=O)(=O)N(c3ccccc3C(C)C)c3nc(-c4c(N)cccc4F)c(Cl)cc32)C(C)C1. The van der Waals surface area contributed by atoms with Crippen molar-refractivity contribution in [3.63, 3.8) is 0 Å². The molecule has 1 aromatic heterocycles. The molecule has 214 valence electrons. The van der Waals surface area contributed by atoms with E-state index in [2.05, 4.69) is 11.0 Å². The smallest absolute Gasteiger partial charge is 0.352 e. The molecule has 12 heteroatoms. The number of amidine groups is 1. The van der Waals surface area contributed by atoms with Crippen LogP contribution in [0.15, 0.2) is 65.6 Å². The van der Waals surface area contributed by atoms with Gasteiger partial charge in [-0.2, -0.15) is 8.42 Å². The molecular formula is C29H30ClFN6O3S. The van der Waals surface area contributed by atoms with Crippen molar-refractivity contribution in [2.75, 3.05) is 29.7 Å². The van der Waals surface area contributed by atoms with Crippen molar-refractivity contribution >= 4 is 50.7 Å². The summed E-state index contributed by atoms with van der Waals surface area (Å²) in [6.45, 7) is 10.3. The van der Waals surface area contributed by atoms with Gasteiger partial charge in [0, 0.05) is 31.4 Å². The molecule has 1 saturated heterocycles. The summed E-state index contributed by atoms with van der Waals surface area (Å²) >= 11 is 6.72. The molecule has 5 rings (SSSR count). The van der Waals surface area contributed by atoms with E-state index < -0.39 is 16.0 Å². The maximum atomic E-state index is 15.1. The second kappa shape index (κ2) is 10.8. The van der Waals surface area contributed by atoms with Crippen LogP contribution in [-0.2, 0) is 15.0 Å². The number of amides is 1. The molecule has 0 bridgehead atoms. The Morgan fingerprint density at radius 2 is 1.93 bits per heavy atom. The van der Waals surface area contributed by atoms with Crippen LogP contribution in [0.5, 0.6) is 0 Å². The maximum Gasteiger partial charge on any atom is 0.352 e. The number of nitrogens with two attached hydrogens (primary N) is 1. The van der Waals surface area contributed by atoms with Crippen LogP contribution in [0.25, 0.3) is 11.3 Å². The second-order valence-corrected chi connectivity index (χ2v) is 12.1. The van der Waals surface area contributed by atoms with Gasteiger partial charge < -0.3 is 15.5 Å². The van der Waals surface area contributed by atoms with Gasteiger partial charge in [0.05, 0.1) is 27.5 Å². The third kappa shape index (κ3) is 5.04. The summed E-state index contributed by atoms with van der Waals surface area (Å²) in [5, 5.41) is 0.0813. The minimum Gasteiger partial charge on any atom is -0.398 e. The van der Waals surface area contributed by atoms with Crippen molar-refractivity contribution in [1.82, 2.24) is 14.8 Å². The summed E-state index contributed by atoms with van der Waals surface area (Å²) in [4.78, 5) is 20.4. The summed E-state index contributed by atoms with van der Waals surface area (Å²) in [5.41, 5.74) is 7.72. The van der Waals surface area contributed by atoms with Gasteiger partial charge in [0.2, 0.25) is 5.91 Å². The first-order valence-electron chi connectivity index (χ1n) is 13.1. The predicted octanol–water partition coefficient (Wildman–Crippen LogP) is 5.11. The van der Waals surface area contributed by atoms with Gasteiger partial charge in [0.1, 0.15) is 5.82 Å². The molecular weight excluding hydrogens is 567 g/mol. The van der Waals surface area contributed by atoms with Crippen LogP contribution in [0.2, 0.25) is 5.02 Å². The van der Waals surface area contributed by atoms with E-state index in [1.807, 2.05) is 37.8 Å². The molecule has 0 aliphatic carbocycles. The molecule has 9 nitrogen and oxygen atoms in total. The zero-order valence-corrected chi connectivity index (χ0v) is 24.5. The molecule has 0 saturated carbocycles. The number of para-hydroxylation sites is 1. The fourth-order valence-corrected chi connectivity index (χ4v) is 6.80. The van der Waals surface area contributed by atoms with Gasteiger partial charge in [-0.15, -0.1) is 4.40 Å². The number of rotatable bonds is 4. The average Bonchev–Trinajstić information content (AvgIpc) is 2.92. The van der Waals surface area contributed by atoms with Crippen molar-refractivity contribution in [3.8, 4) is 11.3 Å². The zero-order valence-electron chi connectivity index (χ0n) is 22.9. The first kappa shape index (κ1) is 28.6. The topological polar surface area (TPSA) is 112 Å². The lowest BCUT2D eigenvalue weighted by Crippen LogP contribution is -2.56. The molecule has 1 unspecified atom stereocenters. The molecule has 0 radical (unpaired) electrons. The fourth-order valence-electron chi connectivity index (χ4n) is 5.28. The minimum absolute atomic E-state index is 0.0129. The molecule has 3 heterocycles. The average molecular weight is 597 g/mol. The number of fused-ring (bicyclic) bond motifs is 1. The molecule has 2 N–H and O–H groups in total. The Kier molecular flexibility index (Phi) is 7.52. The largest absolute Gasteiger partial charge is 0.398 e. The van der Waals surface area contributed by atoms with Crippen molar-refractivity contribution in [2.45, 2.75) is 32.7 Å². The molecule has 2 aliphatic rings. The maximum absolute atomic E-state index is 15.1. The second-order valence-electron chi connectivity index (χ2n) is 10.3. The van der Waals surface area contributed by atoms with E-state index in [4.69, 9.17) is 22.3 Å². The van der Waals surface area contributed by atoms with Crippen LogP contribution in [0.1, 0.15) is 37.8 Å². The Bertz CT molecular complexity index is 1670. The number of aromatic nitrogens is 1. The number of anilines is 3. The van der Waals surface area contributed by atoms with Crippen LogP contribution in [0.3, 0.4) is 0 Å². The van der Waals surface area contributed by atoms with E-state index in [0.29, 0.717) is 30.9 Å². The molecule has 2 aliphatic heterocycles. The Morgan fingerprint density at radius 1 is 1.20 bits per heavy atom. The molecule has 3 aromatic rings. The Morgan fingerprint density at radius 3 is 2.59 bits per heavy atom. The van der Waals surface area contributed by atoms with Crippen LogP contribution in [-0.4, -0.2) is 60.6 Å². The number of benzene rings is 2. The molecule has 0 spiro atoms. The summed E-state index contributed by atoms with van der Waals surface area (Å²) < 4.78 is 48.5. The number of hydrogen-bond donors (Lipinski definition) is 1. The van der Waals surface area contributed by atoms with Crippen molar-refractivity contribution in [2.24, 2.45) is 4.40 Å². The van der Waals surface area contributed by atoms with Crippen molar-refractivity contribution in [3.05, 3.63) is 83.2 Å². The lowest BCUT2D eigenvalue weighted by Gasteiger charge is -2.42. The highest BCUT2D eigenvalue weighted by Crippen LogP contribution is 2.43. The normalized spacial score (nSPS) is 18.2. The summed E-state index contributed by atoms with van der Waals surface area (Å²) in [6, 6.07) is 12.6. The number of piperazine rings is 1. The van der Waals surface area contributed by atoms with Gasteiger partial charge in [-0.05, 0) is 48.7 Å². The zero-order chi connectivity index (χ0) is 29.6.